The molecule has 1 saturated heterocycles. The van der Waals surface area contributed by atoms with Crippen molar-refractivity contribution in [2.24, 2.45) is 58.8 Å². The second kappa shape index (κ2) is 43.9. The van der Waals surface area contributed by atoms with Gasteiger partial charge in [0.1, 0.15) is 66.5 Å². The van der Waals surface area contributed by atoms with Crippen LogP contribution in [0, 0.1) is 47.3 Å². The number of carbonyl (C=O) groups excluding carboxylic acids is 12. The first-order valence-corrected chi connectivity index (χ1v) is 34.2. The molecule has 1 aliphatic rings. The van der Waals surface area contributed by atoms with Crippen molar-refractivity contribution in [1.82, 2.24) is 63.4 Å². The molecule has 0 aromatic rings. The van der Waals surface area contributed by atoms with Gasteiger partial charge in [0.05, 0.1) is 19.7 Å². The van der Waals surface area contributed by atoms with Gasteiger partial charge >= 0.3 is 5.97 Å². The summed E-state index contributed by atoms with van der Waals surface area (Å²) >= 11 is 0. The van der Waals surface area contributed by atoms with Gasteiger partial charge in [0, 0.05) is 6.54 Å². The maximum atomic E-state index is 14.4. The molecule has 0 aliphatic carbocycles. The predicted molar refractivity (Wildman–Crippen MR) is 359 cm³/mol. The number of likely N-dealkylation sites (tertiary alicyclic amines) is 1. The average Bonchev–Trinajstić information content (AvgIpc) is 1.77. The van der Waals surface area contributed by atoms with Crippen LogP contribution in [0.3, 0.4) is 0 Å². The first kappa shape index (κ1) is 86.0. The van der Waals surface area contributed by atoms with Crippen LogP contribution in [0.1, 0.15) is 194 Å². The lowest BCUT2D eigenvalue weighted by atomic mass is 9.98. The zero-order valence-corrected chi connectivity index (χ0v) is 59.5. The van der Waals surface area contributed by atoms with Gasteiger partial charge in [-0.3, -0.25) is 57.5 Å². The summed E-state index contributed by atoms with van der Waals surface area (Å²) in [6, 6.07) is -13.3. The summed E-state index contributed by atoms with van der Waals surface area (Å²) in [5.41, 5.74) is 11.2. The van der Waals surface area contributed by atoms with Crippen LogP contribution in [0.15, 0.2) is 0 Å². The number of amides is 12. The Morgan fingerprint density at radius 2 is 0.705 bits per heavy atom. The third-order valence-corrected chi connectivity index (χ3v) is 15.6. The molecule has 0 spiro atoms. The van der Waals surface area contributed by atoms with Crippen LogP contribution in [0.2, 0.25) is 0 Å². The van der Waals surface area contributed by atoms with Crippen molar-refractivity contribution in [3.8, 4) is 0 Å². The number of rotatable bonds is 45. The molecule has 1 aliphatic heterocycles. The Labute approximate surface area is 563 Å². The molecule has 11 atom stereocenters. The van der Waals surface area contributed by atoms with Gasteiger partial charge in [0.25, 0.3) is 0 Å². The standard InChI is InChI=1S/C66H120N14O15/c1-35(2)24-44(56(84)69-33-55(83)70-43(20-17-18-22-67)57(85)73-47(27-38(7)8)61(89)78-51(66(94)95)31-42(15)16)72-59(87)46(26-37(5)6)75-63(91)52(34-81)79-62(90)48(28-39(9)10)74-60(88)49(29-40(11)12)76-64(92)53-21-19-23-80(53)65(93)50(30-41(13)14)77-58(86)45(25-36(3)4)71-54(82)32-68/h35-53,81H,17-34,67-68H2,1-16H3,(H,69,84)(H,70,83)(H,71,82)(H,72,87)(H,73,85)(H,74,88)(H,75,91)(H,76,92)(H,77,86)(H,78,89)(H,79,90)(H,94,95)/t43-,44-,45-,46-,47-,48-,49-,50-,51-,52-,53-/m0/s1. The normalized spacial score (nSPS) is 16.4. The Morgan fingerprint density at radius 1 is 0.389 bits per heavy atom. The number of aliphatic hydroxyl groups is 1. The molecular weight excluding hydrogens is 1230 g/mol. The number of aliphatic hydroxyl groups excluding tert-OH is 1. The first-order chi connectivity index (χ1) is 44.3. The maximum Gasteiger partial charge on any atom is 0.326 e. The molecule has 544 valence electrons. The van der Waals surface area contributed by atoms with E-state index in [2.05, 4.69) is 58.5 Å². The summed E-state index contributed by atoms with van der Waals surface area (Å²) in [6.07, 6.45) is 2.77. The van der Waals surface area contributed by atoms with Gasteiger partial charge < -0.3 is 85.1 Å². The third-order valence-electron chi connectivity index (χ3n) is 15.6. The minimum absolute atomic E-state index is 0.00399. The van der Waals surface area contributed by atoms with Gasteiger partial charge in [0.15, 0.2) is 0 Å². The van der Waals surface area contributed by atoms with Crippen LogP contribution in [-0.4, -0.2) is 191 Å². The summed E-state index contributed by atoms with van der Waals surface area (Å²) in [6.45, 7) is 27.7. The number of hydrogen-bond acceptors (Lipinski definition) is 16. The Bertz CT molecular complexity index is 2510. The lowest BCUT2D eigenvalue weighted by molar-refractivity contribution is -0.143. The molecule has 29 heteroatoms. The average molecular weight is 1350 g/mol. The molecule has 0 radical (unpaired) electrons. The Kier molecular flexibility index (Phi) is 39.8. The van der Waals surface area contributed by atoms with E-state index in [0.717, 1.165) is 0 Å². The summed E-state index contributed by atoms with van der Waals surface area (Å²) in [4.78, 5) is 179. The molecule has 0 aromatic heterocycles. The van der Waals surface area contributed by atoms with Gasteiger partial charge in [-0.05, 0) is 137 Å². The molecule has 95 heavy (non-hydrogen) atoms. The molecule has 12 amide bonds. The molecule has 1 rings (SSSR count). The van der Waals surface area contributed by atoms with Gasteiger partial charge in [-0.25, -0.2) is 4.79 Å². The largest absolute Gasteiger partial charge is 0.480 e. The smallest absolute Gasteiger partial charge is 0.326 e. The van der Waals surface area contributed by atoms with Gasteiger partial charge in [0.2, 0.25) is 70.9 Å². The lowest BCUT2D eigenvalue weighted by Crippen LogP contribution is -2.61. The SMILES string of the molecule is CC(C)C[C@H](NC(=O)[C@H](CC(C)C)NC(=O)[C@H](CCCCN)NC(=O)CNC(=O)[C@H](CC(C)C)NC(=O)[C@H](CC(C)C)NC(=O)[C@H](CO)NC(=O)[C@H](CC(C)C)NC(=O)[C@H](CC(C)C)NC(=O)[C@@H]1CCCN1C(=O)[C@H](CC(C)C)NC(=O)[C@H](CC(C)C)NC(=O)CN)C(=O)O. The molecule has 17 N–H and O–H groups in total. The quantitative estimate of drug-likeness (QED) is 0.0369. The van der Waals surface area contributed by atoms with Crippen LogP contribution >= 0.6 is 0 Å². The number of aliphatic carboxylic acids is 1. The fourth-order valence-corrected chi connectivity index (χ4v) is 11.0. The number of nitrogens with two attached hydrogens (primary N) is 2. The van der Waals surface area contributed by atoms with Crippen molar-refractivity contribution in [3.63, 3.8) is 0 Å². The highest BCUT2D eigenvalue weighted by Crippen LogP contribution is 2.23. The fraction of sp³-hybridized carbons (Fsp3) is 0.803. The zero-order valence-electron chi connectivity index (χ0n) is 59.5. The Balaban J connectivity index is 3.36. The second-order valence-electron chi connectivity index (χ2n) is 28.7. The number of unbranched alkanes of at least 4 members (excludes halogenated alkanes) is 1. The number of nitrogens with zero attached hydrogens (tertiary/aromatic N) is 1. The van der Waals surface area contributed by atoms with E-state index in [-0.39, 0.29) is 125 Å². The van der Waals surface area contributed by atoms with E-state index in [0.29, 0.717) is 25.8 Å². The number of carboxylic acids is 1. The molecule has 0 unspecified atom stereocenters. The third kappa shape index (κ3) is 33.5. The van der Waals surface area contributed by atoms with Crippen LogP contribution in [0.25, 0.3) is 0 Å². The summed E-state index contributed by atoms with van der Waals surface area (Å²) in [5.74, 6) is -10.8. The van der Waals surface area contributed by atoms with Crippen LogP contribution in [-0.2, 0) is 62.3 Å². The number of carbonyl (C=O) groups is 13. The minimum atomic E-state index is -1.66. The number of nitrogens with one attached hydrogen (secondary N) is 11. The van der Waals surface area contributed by atoms with E-state index in [1.54, 1.807) is 41.5 Å². The summed E-state index contributed by atoms with van der Waals surface area (Å²) < 4.78 is 0. The molecular formula is C66H120N14O15. The van der Waals surface area contributed by atoms with Crippen molar-refractivity contribution in [1.29, 1.82) is 0 Å². The lowest BCUT2D eigenvalue weighted by Gasteiger charge is -2.32. The van der Waals surface area contributed by atoms with E-state index >= 15 is 0 Å². The van der Waals surface area contributed by atoms with Crippen molar-refractivity contribution in [3.05, 3.63) is 0 Å². The minimum Gasteiger partial charge on any atom is -0.480 e. The fourth-order valence-electron chi connectivity index (χ4n) is 11.0. The van der Waals surface area contributed by atoms with E-state index < -0.39 is 156 Å². The maximum absolute atomic E-state index is 14.4. The molecule has 1 fully saturated rings. The summed E-state index contributed by atoms with van der Waals surface area (Å²) in [7, 11) is 0. The van der Waals surface area contributed by atoms with Crippen LogP contribution in [0.5, 0.6) is 0 Å². The number of carboxylic acid groups (broad SMARTS) is 1. The van der Waals surface area contributed by atoms with Crippen molar-refractivity contribution in [2.75, 3.05) is 32.8 Å². The second-order valence-corrected chi connectivity index (χ2v) is 28.7. The highest BCUT2D eigenvalue weighted by molar-refractivity contribution is 5.99. The monoisotopic (exact) mass is 1350 g/mol. The topological polar surface area (TPSA) is 450 Å². The highest BCUT2D eigenvalue weighted by Gasteiger charge is 2.41. The van der Waals surface area contributed by atoms with E-state index in [9.17, 15) is 72.5 Å². The van der Waals surface area contributed by atoms with Crippen LogP contribution in [0.4, 0.5) is 0 Å². The highest BCUT2D eigenvalue weighted by atomic mass is 16.4. The predicted octanol–water partition coefficient (Wildman–Crippen LogP) is 0.475. The van der Waals surface area contributed by atoms with E-state index in [4.69, 9.17) is 11.5 Å². The molecule has 0 saturated carbocycles. The molecule has 0 aromatic carbocycles. The first-order valence-electron chi connectivity index (χ1n) is 34.2. The molecule has 1 heterocycles. The van der Waals surface area contributed by atoms with Crippen molar-refractivity contribution >= 4 is 76.9 Å². The van der Waals surface area contributed by atoms with E-state index in [1.807, 2.05) is 69.2 Å². The number of hydrogen-bond donors (Lipinski definition) is 15. The molecule has 0 bridgehead atoms. The van der Waals surface area contributed by atoms with Gasteiger partial charge in [-0.1, -0.05) is 111 Å². The van der Waals surface area contributed by atoms with Gasteiger partial charge in [-0.15, -0.1) is 0 Å². The van der Waals surface area contributed by atoms with Gasteiger partial charge in [-0.2, -0.15) is 0 Å². The van der Waals surface area contributed by atoms with Crippen molar-refractivity contribution < 1.29 is 72.5 Å². The zero-order chi connectivity index (χ0) is 72.6. The Morgan fingerprint density at radius 3 is 1.08 bits per heavy atom. The van der Waals surface area contributed by atoms with E-state index in [1.165, 1.54) is 4.90 Å². The summed E-state index contributed by atoms with van der Waals surface area (Å²) in [5, 5.41) is 49.5. The van der Waals surface area contributed by atoms with Crippen molar-refractivity contribution in [2.45, 2.75) is 261 Å². The van der Waals surface area contributed by atoms with Crippen LogP contribution < -0.4 is 70.0 Å². The molecule has 29 nitrogen and oxygen atoms in total. The Hall–Kier alpha value is -7.01.